The van der Waals surface area contributed by atoms with E-state index < -0.39 is 0 Å². The molecular formula is C20H27N3O. The highest BCUT2D eigenvalue weighted by molar-refractivity contribution is 5.83. The molecule has 3 rings (SSSR count). The summed E-state index contributed by atoms with van der Waals surface area (Å²) in [7, 11) is 0. The zero-order chi connectivity index (χ0) is 17.5. The van der Waals surface area contributed by atoms with Gasteiger partial charge in [-0.3, -0.25) is 10.4 Å². The molecule has 1 atom stereocenters. The number of fused-ring (bicyclic) bond motifs is 1. The van der Waals surface area contributed by atoms with Crippen LogP contribution in [0.4, 0.5) is 17.1 Å². The molecule has 0 fully saturated rings. The number of benzene rings is 2. The molecular weight excluding hydrogens is 298 g/mol. The van der Waals surface area contributed by atoms with Crippen LogP contribution < -0.4 is 15.6 Å². The molecule has 0 aliphatic carbocycles. The van der Waals surface area contributed by atoms with E-state index in [9.17, 15) is 5.11 Å². The number of nitrogens with zero attached hydrogens (tertiary/aromatic N) is 2. The predicted octanol–water partition coefficient (Wildman–Crippen LogP) is 5.06. The normalized spacial score (nSPS) is 15.2. The number of hydrogen-bond acceptors (Lipinski definition) is 4. The van der Waals surface area contributed by atoms with Gasteiger partial charge >= 0.3 is 0 Å². The van der Waals surface area contributed by atoms with Crippen molar-refractivity contribution in [3.63, 3.8) is 0 Å². The van der Waals surface area contributed by atoms with E-state index in [2.05, 4.69) is 63.3 Å². The maximum absolute atomic E-state index is 10.3. The molecule has 1 aliphatic heterocycles. The fourth-order valence-corrected chi connectivity index (χ4v) is 2.98. The Kier molecular flexibility index (Phi) is 4.08. The first kappa shape index (κ1) is 16.5. The Balaban J connectivity index is 2.09. The first-order valence-electron chi connectivity index (χ1n) is 8.61. The van der Waals surface area contributed by atoms with E-state index in [1.54, 1.807) is 6.07 Å². The summed E-state index contributed by atoms with van der Waals surface area (Å²) in [4.78, 5) is 0. The Morgan fingerprint density at radius 2 is 1.79 bits per heavy atom. The Morgan fingerprint density at radius 3 is 2.42 bits per heavy atom. The monoisotopic (exact) mass is 325 g/mol. The molecule has 4 nitrogen and oxygen atoms in total. The summed E-state index contributed by atoms with van der Waals surface area (Å²) in [5.41, 5.74) is 7.80. The molecule has 128 valence electrons. The van der Waals surface area contributed by atoms with Crippen LogP contribution in [0.2, 0.25) is 0 Å². The van der Waals surface area contributed by atoms with Crippen LogP contribution in [0, 0.1) is 0 Å². The van der Waals surface area contributed by atoms with E-state index in [-0.39, 0.29) is 11.2 Å². The van der Waals surface area contributed by atoms with E-state index in [4.69, 9.17) is 0 Å². The van der Waals surface area contributed by atoms with Gasteiger partial charge in [0.15, 0.2) is 0 Å². The average Bonchev–Trinajstić information content (AvgIpc) is 2.92. The number of nitrogens with one attached hydrogen (secondary N) is 1. The minimum Gasteiger partial charge on any atom is -0.506 e. The van der Waals surface area contributed by atoms with E-state index in [0.717, 1.165) is 23.5 Å². The van der Waals surface area contributed by atoms with Crippen LogP contribution in [0.3, 0.4) is 0 Å². The van der Waals surface area contributed by atoms with Gasteiger partial charge in [0.1, 0.15) is 11.4 Å². The Hall–Kier alpha value is -2.36. The molecule has 1 aliphatic rings. The van der Waals surface area contributed by atoms with Crippen molar-refractivity contribution in [2.75, 3.05) is 15.6 Å². The number of phenols is 1. The summed E-state index contributed by atoms with van der Waals surface area (Å²) in [6, 6.07) is 14.3. The van der Waals surface area contributed by atoms with E-state index >= 15 is 0 Å². The second-order valence-corrected chi connectivity index (χ2v) is 7.50. The first-order valence-corrected chi connectivity index (χ1v) is 8.61. The third-order valence-electron chi connectivity index (χ3n) is 4.67. The first-order chi connectivity index (χ1) is 11.3. The molecule has 0 saturated carbocycles. The minimum absolute atomic E-state index is 0.0957. The van der Waals surface area contributed by atoms with Crippen LogP contribution in [0.25, 0.3) is 0 Å². The molecule has 0 bridgehead atoms. The van der Waals surface area contributed by atoms with Crippen LogP contribution in [0.1, 0.15) is 46.6 Å². The highest BCUT2D eigenvalue weighted by Crippen LogP contribution is 2.42. The van der Waals surface area contributed by atoms with Gasteiger partial charge in [0.25, 0.3) is 0 Å². The van der Waals surface area contributed by atoms with Crippen molar-refractivity contribution in [2.45, 2.75) is 52.5 Å². The summed E-state index contributed by atoms with van der Waals surface area (Å²) in [6.45, 7) is 11.1. The molecule has 1 heterocycles. The fraction of sp³-hybridized carbons (Fsp3) is 0.400. The molecule has 0 radical (unpaired) electrons. The quantitative estimate of drug-likeness (QED) is 0.827. The molecule has 0 amide bonds. The minimum atomic E-state index is 0.0957. The number of phenolic OH excluding ortho intramolecular Hbond substituents is 1. The summed E-state index contributed by atoms with van der Waals surface area (Å²) in [5, 5.41) is 14.5. The molecule has 2 aromatic carbocycles. The third kappa shape index (κ3) is 2.77. The molecule has 2 N–H and O–H groups in total. The number of anilines is 3. The van der Waals surface area contributed by atoms with Crippen molar-refractivity contribution in [1.29, 1.82) is 0 Å². The van der Waals surface area contributed by atoms with Crippen LogP contribution in [0.5, 0.6) is 5.75 Å². The number of para-hydroxylation sites is 2. The van der Waals surface area contributed by atoms with Gasteiger partial charge in [0.05, 0.1) is 11.4 Å². The Bertz CT molecular complexity index is 736. The lowest BCUT2D eigenvalue weighted by molar-refractivity contribution is 0.473. The molecule has 4 heteroatoms. The number of aromatic hydroxyl groups is 1. The smallest absolute Gasteiger partial charge is 0.142 e. The molecule has 24 heavy (non-hydrogen) atoms. The average molecular weight is 325 g/mol. The second-order valence-electron chi connectivity index (χ2n) is 7.50. The van der Waals surface area contributed by atoms with Crippen LogP contribution in [-0.2, 0) is 5.41 Å². The van der Waals surface area contributed by atoms with Gasteiger partial charge in [-0.2, -0.15) is 5.12 Å². The van der Waals surface area contributed by atoms with E-state index in [1.807, 2.05) is 23.3 Å². The predicted molar refractivity (Wildman–Crippen MR) is 102 cm³/mol. The summed E-state index contributed by atoms with van der Waals surface area (Å²) in [5.74, 6) is 0.266. The number of hydrogen-bond donors (Lipinski definition) is 2. The molecule has 0 spiro atoms. The van der Waals surface area contributed by atoms with Gasteiger partial charge in [-0.25, -0.2) is 0 Å². The highest BCUT2D eigenvalue weighted by Gasteiger charge is 2.32. The number of hydrazine groups is 2. The number of rotatable bonds is 3. The van der Waals surface area contributed by atoms with Gasteiger partial charge in [-0.05, 0) is 48.6 Å². The Morgan fingerprint density at radius 1 is 1.08 bits per heavy atom. The standard InChI is InChI=1S/C20H27N3O/c1-6-14(2)22-18-13-15(20(3,4)5)11-12-16(18)21-23(22)17-9-7-8-10-19(17)24/h7-14,21,24H,6H2,1-5H3. The molecule has 0 aromatic heterocycles. The van der Waals surface area contributed by atoms with E-state index in [0.29, 0.717) is 6.04 Å². The molecule has 1 unspecified atom stereocenters. The molecule has 2 aromatic rings. The zero-order valence-corrected chi connectivity index (χ0v) is 15.2. The van der Waals surface area contributed by atoms with Gasteiger partial charge in [0.2, 0.25) is 0 Å². The van der Waals surface area contributed by atoms with Crippen LogP contribution in [-0.4, -0.2) is 11.1 Å². The fourth-order valence-electron chi connectivity index (χ4n) is 2.98. The van der Waals surface area contributed by atoms with Crippen LogP contribution in [0.15, 0.2) is 42.5 Å². The Labute approximate surface area is 144 Å². The van der Waals surface area contributed by atoms with Crippen molar-refractivity contribution in [2.24, 2.45) is 0 Å². The lowest BCUT2D eigenvalue weighted by atomic mass is 9.86. The maximum atomic E-state index is 10.3. The summed E-state index contributed by atoms with van der Waals surface area (Å²) in [6.07, 6.45) is 1.00. The summed E-state index contributed by atoms with van der Waals surface area (Å²) < 4.78 is 0. The largest absolute Gasteiger partial charge is 0.506 e. The second kappa shape index (κ2) is 5.93. The van der Waals surface area contributed by atoms with Crippen molar-refractivity contribution >= 4 is 17.1 Å². The van der Waals surface area contributed by atoms with Gasteiger partial charge in [-0.1, -0.05) is 45.9 Å². The SMILES string of the molecule is CCC(C)N1c2cc(C(C)(C)C)ccc2NN1c1ccccc1O. The summed E-state index contributed by atoms with van der Waals surface area (Å²) >= 11 is 0. The van der Waals surface area contributed by atoms with Crippen molar-refractivity contribution in [3.8, 4) is 5.75 Å². The highest BCUT2D eigenvalue weighted by atomic mass is 16.3. The molecule has 0 saturated heterocycles. The van der Waals surface area contributed by atoms with Crippen molar-refractivity contribution in [3.05, 3.63) is 48.0 Å². The topological polar surface area (TPSA) is 38.7 Å². The lowest BCUT2D eigenvalue weighted by Gasteiger charge is -2.35. The van der Waals surface area contributed by atoms with Crippen molar-refractivity contribution in [1.82, 2.24) is 0 Å². The van der Waals surface area contributed by atoms with Crippen LogP contribution >= 0.6 is 0 Å². The van der Waals surface area contributed by atoms with Gasteiger partial charge < -0.3 is 5.11 Å². The zero-order valence-electron chi connectivity index (χ0n) is 15.2. The van der Waals surface area contributed by atoms with Crippen molar-refractivity contribution < 1.29 is 5.11 Å². The van der Waals surface area contributed by atoms with Gasteiger partial charge in [-0.15, -0.1) is 0 Å². The lowest BCUT2D eigenvalue weighted by Crippen LogP contribution is -2.47. The third-order valence-corrected chi connectivity index (χ3v) is 4.67. The maximum Gasteiger partial charge on any atom is 0.142 e. The van der Waals surface area contributed by atoms with Gasteiger partial charge in [0, 0.05) is 6.04 Å². The van der Waals surface area contributed by atoms with E-state index in [1.165, 1.54) is 5.56 Å².